The summed E-state index contributed by atoms with van der Waals surface area (Å²) in [4.78, 5) is 32.4. The fourth-order valence-corrected chi connectivity index (χ4v) is 5.62. The molecule has 2 N–H and O–H groups in total. The summed E-state index contributed by atoms with van der Waals surface area (Å²) >= 11 is 0. The first-order valence-electron chi connectivity index (χ1n) is 14.0. The minimum atomic E-state index is -0.704. The number of benzene rings is 3. The summed E-state index contributed by atoms with van der Waals surface area (Å²) in [5.74, 6) is -0.545. The number of carbonyl (C=O) groups excluding carboxylic acids is 2. The van der Waals surface area contributed by atoms with Gasteiger partial charge in [-0.3, -0.25) is 9.59 Å². The standard InChI is InChI=1S/C32H37FN4O3.ClH/c1-3-36-16-17-37(21-30(38)28-18-23-6-4-5-7-25(23)20-34-28)32(40)27-13-10-24(19-29(27)36)31(39)35(2)15-14-22-8-11-26(33)12-9-22;/h4-13,19,28,30,34,38H,3,14-18,20-21H2,1-2H3;1H/t28-,30+;/m0./s1. The number of nitrogens with one attached hydrogen (secondary N) is 1. The Balaban J connectivity index is 0.00000387. The van der Waals surface area contributed by atoms with Crippen LogP contribution in [0, 0.1) is 5.82 Å². The van der Waals surface area contributed by atoms with E-state index in [4.69, 9.17) is 0 Å². The zero-order chi connectivity index (χ0) is 28.2. The molecule has 7 nitrogen and oxygen atoms in total. The number of hydrogen-bond donors (Lipinski definition) is 2. The maximum atomic E-state index is 13.7. The van der Waals surface area contributed by atoms with Gasteiger partial charge in [-0.1, -0.05) is 36.4 Å². The van der Waals surface area contributed by atoms with E-state index < -0.39 is 6.10 Å². The SMILES string of the molecule is CCN1CCN(C[C@@H](O)[C@@H]2Cc3ccccc3CN2)C(=O)c2ccc(C(=O)N(C)CCc3ccc(F)cc3)cc21.Cl. The molecule has 0 saturated heterocycles. The van der Waals surface area contributed by atoms with Crippen LogP contribution in [0.1, 0.15) is 44.3 Å². The van der Waals surface area contributed by atoms with E-state index in [1.54, 1.807) is 41.1 Å². The van der Waals surface area contributed by atoms with Crippen LogP contribution in [0.5, 0.6) is 0 Å². The third kappa shape index (κ3) is 6.89. The molecule has 5 rings (SSSR count). The third-order valence-electron chi connectivity index (χ3n) is 8.11. The zero-order valence-electron chi connectivity index (χ0n) is 23.6. The van der Waals surface area contributed by atoms with Crippen molar-refractivity contribution in [2.24, 2.45) is 0 Å². The van der Waals surface area contributed by atoms with Crippen molar-refractivity contribution in [2.75, 3.05) is 44.7 Å². The highest BCUT2D eigenvalue weighted by Gasteiger charge is 2.31. The average molecular weight is 581 g/mol. The van der Waals surface area contributed by atoms with Crippen molar-refractivity contribution in [1.82, 2.24) is 15.1 Å². The summed E-state index contributed by atoms with van der Waals surface area (Å²) in [5.41, 5.74) is 5.24. The summed E-state index contributed by atoms with van der Waals surface area (Å²) in [6.07, 6.45) is 0.632. The number of nitrogens with zero attached hydrogens (tertiary/aromatic N) is 3. The molecule has 9 heteroatoms. The summed E-state index contributed by atoms with van der Waals surface area (Å²) in [5, 5.41) is 14.5. The van der Waals surface area contributed by atoms with Gasteiger partial charge < -0.3 is 25.1 Å². The Kier molecular flexibility index (Phi) is 10.0. The number of fused-ring (bicyclic) bond motifs is 2. The fourth-order valence-electron chi connectivity index (χ4n) is 5.62. The van der Waals surface area contributed by atoms with Crippen molar-refractivity contribution >= 4 is 29.9 Å². The van der Waals surface area contributed by atoms with Crippen molar-refractivity contribution < 1.29 is 19.1 Å². The molecule has 0 saturated carbocycles. The Morgan fingerprint density at radius 1 is 1.07 bits per heavy atom. The number of aliphatic hydroxyl groups excluding tert-OH is 1. The van der Waals surface area contributed by atoms with Gasteiger partial charge in [0.05, 0.1) is 17.4 Å². The Hall–Kier alpha value is -3.46. The van der Waals surface area contributed by atoms with Crippen LogP contribution in [-0.4, -0.2) is 78.6 Å². The van der Waals surface area contributed by atoms with Gasteiger partial charge in [0.2, 0.25) is 0 Å². The minimum absolute atomic E-state index is 0. The predicted molar refractivity (Wildman–Crippen MR) is 161 cm³/mol. The number of β-amino-alcohol motifs (C(OH)–C–C–N with tert-alkyl or cyclic N) is 1. The smallest absolute Gasteiger partial charge is 0.256 e. The molecule has 2 aliphatic heterocycles. The van der Waals surface area contributed by atoms with E-state index in [2.05, 4.69) is 22.3 Å². The first-order valence-corrected chi connectivity index (χ1v) is 14.0. The Morgan fingerprint density at radius 3 is 2.51 bits per heavy atom. The summed E-state index contributed by atoms with van der Waals surface area (Å²) in [6.45, 7) is 5.25. The number of halogens is 2. The van der Waals surface area contributed by atoms with E-state index in [1.165, 1.54) is 23.3 Å². The molecule has 2 amide bonds. The molecule has 0 bridgehead atoms. The number of aliphatic hydroxyl groups is 1. The summed E-state index contributed by atoms with van der Waals surface area (Å²) in [6, 6.07) is 19.7. The van der Waals surface area contributed by atoms with Crippen LogP contribution in [0.4, 0.5) is 10.1 Å². The van der Waals surface area contributed by atoms with Crippen LogP contribution in [-0.2, 0) is 19.4 Å². The minimum Gasteiger partial charge on any atom is -0.390 e. The van der Waals surface area contributed by atoms with E-state index in [1.807, 2.05) is 25.1 Å². The van der Waals surface area contributed by atoms with Gasteiger partial charge in [0.25, 0.3) is 11.8 Å². The van der Waals surface area contributed by atoms with Gasteiger partial charge in [0.1, 0.15) is 5.82 Å². The van der Waals surface area contributed by atoms with Crippen LogP contribution in [0.3, 0.4) is 0 Å². The highest BCUT2D eigenvalue weighted by atomic mass is 35.5. The Bertz CT molecular complexity index is 1370. The largest absolute Gasteiger partial charge is 0.390 e. The van der Waals surface area contributed by atoms with E-state index >= 15 is 0 Å². The monoisotopic (exact) mass is 580 g/mol. The molecule has 3 aromatic rings. The maximum absolute atomic E-state index is 13.7. The number of carbonyl (C=O) groups is 2. The molecular weight excluding hydrogens is 543 g/mol. The second-order valence-corrected chi connectivity index (χ2v) is 10.7. The first-order chi connectivity index (χ1) is 19.3. The van der Waals surface area contributed by atoms with Crippen LogP contribution in [0.15, 0.2) is 66.7 Å². The van der Waals surface area contributed by atoms with Crippen LogP contribution in [0.2, 0.25) is 0 Å². The molecule has 0 unspecified atom stereocenters. The topological polar surface area (TPSA) is 76.1 Å². The maximum Gasteiger partial charge on any atom is 0.256 e. The first kappa shape index (κ1) is 30.5. The lowest BCUT2D eigenvalue weighted by atomic mass is 9.92. The van der Waals surface area contributed by atoms with Gasteiger partial charge >= 0.3 is 0 Å². The normalized spacial score (nSPS) is 17.2. The number of likely N-dealkylation sites (N-methyl/N-ethyl adjacent to an activating group) is 2. The predicted octanol–water partition coefficient (Wildman–Crippen LogP) is 3.92. The van der Waals surface area contributed by atoms with Gasteiger partial charge in [-0.05, 0) is 66.8 Å². The second kappa shape index (κ2) is 13.5. The Morgan fingerprint density at radius 2 is 1.78 bits per heavy atom. The lowest BCUT2D eigenvalue weighted by molar-refractivity contribution is 0.0540. The van der Waals surface area contributed by atoms with Crippen molar-refractivity contribution in [2.45, 2.75) is 38.5 Å². The van der Waals surface area contributed by atoms with Gasteiger partial charge in [-0.2, -0.15) is 0 Å². The fraction of sp³-hybridized carbons (Fsp3) is 0.375. The molecule has 2 aliphatic rings. The molecule has 0 spiro atoms. The van der Waals surface area contributed by atoms with E-state index in [9.17, 15) is 19.1 Å². The summed E-state index contributed by atoms with van der Waals surface area (Å²) in [7, 11) is 1.75. The number of hydrogen-bond acceptors (Lipinski definition) is 5. The van der Waals surface area contributed by atoms with Crippen LogP contribution < -0.4 is 10.2 Å². The third-order valence-corrected chi connectivity index (χ3v) is 8.11. The van der Waals surface area contributed by atoms with Crippen molar-refractivity contribution in [3.63, 3.8) is 0 Å². The van der Waals surface area contributed by atoms with Crippen molar-refractivity contribution in [3.8, 4) is 0 Å². The van der Waals surface area contributed by atoms with E-state index in [0.29, 0.717) is 50.3 Å². The Labute approximate surface area is 247 Å². The number of amides is 2. The molecule has 218 valence electrons. The molecule has 3 aromatic carbocycles. The molecule has 2 atom stereocenters. The molecule has 0 fully saturated rings. The highest BCUT2D eigenvalue weighted by molar-refractivity contribution is 6.03. The molecular formula is C32H38ClFN4O3. The molecule has 41 heavy (non-hydrogen) atoms. The van der Waals surface area contributed by atoms with Crippen molar-refractivity contribution in [1.29, 1.82) is 0 Å². The number of rotatable bonds is 8. The van der Waals surface area contributed by atoms with Gasteiger partial charge in [-0.15, -0.1) is 12.4 Å². The molecule has 2 heterocycles. The van der Waals surface area contributed by atoms with Gasteiger partial charge in [-0.25, -0.2) is 4.39 Å². The van der Waals surface area contributed by atoms with Crippen molar-refractivity contribution in [3.05, 3.63) is 100 Å². The average Bonchev–Trinajstić information content (AvgIpc) is 3.11. The molecule has 0 radical (unpaired) electrons. The quantitative estimate of drug-likeness (QED) is 0.422. The molecule has 0 aromatic heterocycles. The van der Waals surface area contributed by atoms with Crippen LogP contribution >= 0.6 is 12.4 Å². The lowest BCUT2D eigenvalue weighted by Gasteiger charge is -2.33. The number of anilines is 1. The van der Waals surface area contributed by atoms with E-state index in [0.717, 1.165) is 17.7 Å². The van der Waals surface area contributed by atoms with Gasteiger partial charge in [0, 0.05) is 57.9 Å². The zero-order valence-corrected chi connectivity index (χ0v) is 24.4. The summed E-state index contributed by atoms with van der Waals surface area (Å²) < 4.78 is 13.2. The molecule has 0 aliphatic carbocycles. The van der Waals surface area contributed by atoms with Gasteiger partial charge in [0.15, 0.2) is 0 Å². The van der Waals surface area contributed by atoms with E-state index in [-0.39, 0.29) is 42.6 Å². The second-order valence-electron chi connectivity index (χ2n) is 10.7. The highest BCUT2D eigenvalue weighted by Crippen LogP contribution is 2.28. The van der Waals surface area contributed by atoms with Crippen LogP contribution in [0.25, 0.3) is 0 Å². The lowest BCUT2D eigenvalue weighted by Crippen LogP contribution is -2.50.